The molecule has 0 aliphatic heterocycles. The standard InChI is InChI=1S/C11H13ClFNO/c1-15-11-6-8(4-2-3-5-12)9(13)7-10(11)14/h2,4,6-7H,3,5,14H2,1H3. The second kappa shape index (κ2) is 5.61. The van der Waals surface area contributed by atoms with E-state index < -0.39 is 0 Å². The Morgan fingerprint density at radius 3 is 2.87 bits per heavy atom. The first kappa shape index (κ1) is 11.9. The van der Waals surface area contributed by atoms with E-state index >= 15 is 0 Å². The van der Waals surface area contributed by atoms with Crippen LogP contribution < -0.4 is 10.5 Å². The third-order valence-corrected chi connectivity index (χ3v) is 2.14. The third kappa shape index (κ3) is 3.13. The van der Waals surface area contributed by atoms with Crippen molar-refractivity contribution in [1.82, 2.24) is 0 Å². The molecule has 0 heterocycles. The van der Waals surface area contributed by atoms with E-state index in [4.69, 9.17) is 22.1 Å². The van der Waals surface area contributed by atoms with Gasteiger partial charge < -0.3 is 10.5 Å². The number of benzene rings is 1. The van der Waals surface area contributed by atoms with Crippen molar-refractivity contribution in [3.05, 3.63) is 29.6 Å². The summed E-state index contributed by atoms with van der Waals surface area (Å²) >= 11 is 5.50. The highest BCUT2D eigenvalue weighted by molar-refractivity contribution is 6.17. The lowest BCUT2D eigenvalue weighted by molar-refractivity contribution is 0.416. The molecule has 0 saturated heterocycles. The van der Waals surface area contributed by atoms with Gasteiger partial charge in [0.15, 0.2) is 0 Å². The first-order chi connectivity index (χ1) is 7.19. The molecule has 2 nitrogen and oxygen atoms in total. The van der Waals surface area contributed by atoms with Crippen molar-refractivity contribution in [2.24, 2.45) is 0 Å². The Labute approximate surface area is 93.5 Å². The highest BCUT2D eigenvalue weighted by atomic mass is 35.5. The van der Waals surface area contributed by atoms with Gasteiger partial charge in [0, 0.05) is 17.5 Å². The van der Waals surface area contributed by atoms with E-state index in [-0.39, 0.29) is 5.82 Å². The fraction of sp³-hybridized carbons (Fsp3) is 0.273. The van der Waals surface area contributed by atoms with Gasteiger partial charge in [-0.15, -0.1) is 11.6 Å². The smallest absolute Gasteiger partial charge is 0.142 e. The highest BCUT2D eigenvalue weighted by Gasteiger charge is 2.05. The van der Waals surface area contributed by atoms with Gasteiger partial charge in [0.05, 0.1) is 12.8 Å². The van der Waals surface area contributed by atoms with Crippen molar-refractivity contribution >= 4 is 23.4 Å². The van der Waals surface area contributed by atoms with E-state index in [1.165, 1.54) is 13.2 Å². The minimum Gasteiger partial charge on any atom is -0.495 e. The van der Waals surface area contributed by atoms with Crippen LogP contribution in [0.3, 0.4) is 0 Å². The molecule has 0 bridgehead atoms. The third-order valence-electron chi connectivity index (χ3n) is 1.92. The van der Waals surface area contributed by atoms with E-state index in [2.05, 4.69) is 0 Å². The summed E-state index contributed by atoms with van der Waals surface area (Å²) in [7, 11) is 1.50. The maximum atomic E-state index is 13.4. The van der Waals surface area contributed by atoms with Gasteiger partial charge in [-0.25, -0.2) is 4.39 Å². The summed E-state index contributed by atoms with van der Waals surface area (Å²) in [4.78, 5) is 0. The van der Waals surface area contributed by atoms with Crippen LogP contribution in [0.15, 0.2) is 18.2 Å². The molecule has 15 heavy (non-hydrogen) atoms. The maximum Gasteiger partial charge on any atom is 0.142 e. The zero-order chi connectivity index (χ0) is 11.3. The molecule has 0 aliphatic rings. The average molecular weight is 230 g/mol. The molecule has 82 valence electrons. The normalized spacial score (nSPS) is 10.9. The number of nitrogen functional groups attached to an aromatic ring is 1. The molecule has 0 aliphatic carbocycles. The van der Waals surface area contributed by atoms with Gasteiger partial charge in [0.2, 0.25) is 0 Å². The molecular formula is C11H13ClFNO. The van der Waals surface area contributed by atoms with Crippen LogP contribution in [0.25, 0.3) is 6.08 Å². The average Bonchev–Trinajstić information content (AvgIpc) is 2.21. The van der Waals surface area contributed by atoms with Crippen LogP contribution in [0.5, 0.6) is 5.75 Å². The topological polar surface area (TPSA) is 35.2 Å². The summed E-state index contributed by atoms with van der Waals surface area (Å²) in [5, 5.41) is 0. The van der Waals surface area contributed by atoms with Gasteiger partial charge in [-0.3, -0.25) is 0 Å². The summed E-state index contributed by atoms with van der Waals surface area (Å²) in [6, 6.07) is 2.81. The van der Waals surface area contributed by atoms with Gasteiger partial charge in [-0.05, 0) is 12.5 Å². The van der Waals surface area contributed by atoms with Gasteiger partial charge in [0.1, 0.15) is 11.6 Å². The van der Waals surface area contributed by atoms with E-state index in [1.54, 1.807) is 18.2 Å². The van der Waals surface area contributed by atoms with Crippen LogP contribution in [-0.2, 0) is 0 Å². The lowest BCUT2D eigenvalue weighted by Crippen LogP contribution is -1.95. The van der Waals surface area contributed by atoms with Crippen LogP contribution in [0.4, 0.5) is 10.1 Å². The number of allylic oxidation sites excluding steroid dienone is 1. The Morgan fingerprint density at radius 1 is 1.53 bits per heavy atom. The molecule has 2 N–H and O–H groups in total. The van der Waals surface area contributed by atoms with Gasteiger partial charge in [-0.1, -0.05) is 12.2 Å². The van der Waals surface area contributed by atoms with Crippen LogP contribution in [-0.4, -0.2) is 13.0 Å². The molecule has 1 aromatic carbocycles. The monoisotopic (exact) mass is 229 g/mol. The quantitative estimate of drug-likeness (QED) is 0.636. The van der Waals surface area contributed by atoms with Crippen molar-refractivity contribution in [3.8, 4) is 5.75 Å². The van der Waals surface area contributed by atoms with E-state index in [0.717, 1.165) is 0 Å². The number of alkyl halides is 1. The summed E-state index contributed by atoms with van der Waals surface area (Å²) in [5.41, 5.74) is 6.29. The van der Waals surface area contributed by atoms with E-state index in [9.17, 15) is 4.39 Å². The Morgan fingerprint density at radius 2 is 2.27 bits per heavy atom. The Balaban J connectivity index is 2.97. The number of methoxy groups -OCH3 is 1. The largest absolute Gasteiger partial charge is 0.495 e. The Kier molecular flexibility index (Phi) is 4.43. The number of halogens is 2. The Bertz CT molecular complexity index is 366. The summed E-state index contributed by atoms with van der Waals surface area (Å²) in [5.74, 6) is 0.630. The lowest BCUT2D eigenvalue weighted by Gasteiger charge is -2.06. The van der Waals surface area contributed by atoms with Crippen LogP contribution in [0.1, 0.15) is 12.0 Å². The zero-order valence-corrected chi connectivity index (χ0v) is 9.22. The van der Waals surface area contributed by atoms with Gasteiger partial charge in [-0.2, -0.15) is 0 Å². The molecule has 0 atom stereocenters. The Hall–Kier alpha value is -1.22. The summed E-state index contributed by atoms with van der Waals surface area (Å²) < 4.78 is 18.4. The SMILES string of the molecule is COc1cc(C=CCCCl)c(F)cc1N. The molecule has 0 unspecified atom stereocenters. The van der Waals surface area contributed by atoms with Crippen molar-refractivity contribution in [2.75, 3.05) is 18.7 Å². The first-order valence-corrected chi connectivity index (χ1v) is 5.08. The first-order valence-electron chi connectivity index (χ1n) is 4.54. The number of nitrogens with two attached hydrogens (primary N) is 1. The maximum absolute atomic E-state index is 13.4. The second-order valence-electron chi connectivity index (χ2n) is 3.00. The highest BCUT2D eigenvalue weighted by Crippen LogP contribution is 2.25. The number of ether oxygens (including phenoxy) is 1. The van der Waals surface area contributed by atoms with Crippen LogP contribution in [0, 0.1) is 5.82 Å². The number of rotatable bonds is 4. The molecule has 0 aromatic heterocycles. The summed E-state index contributed by atoms with van der Waals surface area (Å²) in [6.07, 6.45) is 4.18. The number of anilines is 1. The fourth-order valence-electron chi connectivity index (χ4n) is 1.16. The number of hydrogen-bond acceptors (Lipinski definition) is 2. The minimum atomic E-state index is -0.362. The van der Waals surface area contributed by atoms with Crippen molar-refractivity contribution in [3.63, 3.8) is 0 Å². The number of hydrogen-bond donors (Lipinski definition) is 1. The fourth-order valence-corrected chi connectivity index (χ4v) is 1.29. The van der Waals surface area contributed by atoms with Crippen LogP contribution >= 0.6 is 11.6 Å². The minimum absolute atomic E-state index is 0.296. The molecule has 1 aromatic rings. The molecule has 0 radical (unpaired) electrons. The molecule has 0 amide bonds. The predicted octanol–water partition coefficient (Wildman–Crippen LogP) is 3.06. The molecule has 0 spiro atoms. The summed E-state index contributed by atoms with van der Waals surface area (Å²) in [6.45, 7) is 0. The molecule has 4 heteroatoms. The molecule has 1 rings (SSSR count). The van der Waals surface area contributed by atoms with E-state index in [1.807, 2.05) is 0 Å². The van der Waals surface area contributed by atoms with Crippen molar-refractivity contribution in [2.45, 2.75) is 6.42 Å². The van der Waals surface area contributed by atoms with E-state index in [0.29, 0.717) is 29.3 Å². The predicted molar refractivity (Wildman–Crippen MR) is 61.7 cm³/mol. The van der Waals surface area contributed by atoms with Gasteiger partial charge in [0.25, 0.3) is 0 Å². The van der Waals surface area contributed by atoms with Crippen LogP contribution in [0.2, 0.25) is 0 Å². The van der Waals surface area contributed by atoms with Crippen molar-refractivity contribution < 1.29 is 9.13 Å². The lowest BCUT2D eigenvalue weighted by atomic mass is 10.1. The van der Waals surface area contributed by atoms with Gasteiger partial charge >= 0.3 is 0 Å². The second-order valence-corrected chi connectivity index (χ2v) is 3.37. The molecule has 0 saturated carbocycles. The zero-order valence-electron chi connectivity index (χ0n) is 8.47. The molecular weight excluding hydrogens is 217 g/mol. The molecule has 0 fully saturated rings. The van der Waals surface area contributed by atoms with Crippen molar-refractivity contribution in [1.29, 1.82) is 0 Å².